The summed E-state index contributed by atoms with van der Waals surface area (Å²) < 4.78 is 0. The molecule has 0 bridgehead atoms. The van der Waals surface area contributed by atoms with E-state index >= 15 is 0 Å². The maximum absolute atomic E-state index is 4.98. The molecule has 0 aliphatic carbocycles. The molecule has 1 aliphatic rings. The third-order valence-electron chi connectivity index (χ3n) is 6.76. The van der Waals surface area contributed by atoms with Crippen molar-refractivity contribution in [3.05, 3.63) is 77.5 Å². The topological polar surface area (TPSA) is 85.3 Å². The first-order valence-electron chi connectivity index (χ1n) is 12.0. The first kappa shape index (κ1) is 22.8. The molecular formula is C28H31N7. The van der Waals surface area contributed by atoms with Gasteiger partial charge in [0.2, 0.25) is 0 Å². The molecule has 0 saturated carbocycles. The molecule has 2 N–H and O–H groups in total. The van der Waals surface area contributed by atoms with Crippen molar-refractivity contribution in [2.75, 3.05) is 20.1 Å². The summed E-state index contributed by atoms with van der Waals surface area (Å²) in [7, 11) is 1.84. The van der Waals surface area contributed by atoms with Crippen LogP contribution in [0.5, 0.6) is 0 Å². The van der Waals surface area contributed by atoms with Crippen molar-refractivity contribution in [2.24, 2.45) is 9.98 Å². The molecule has 0 radical (unpaired) electrons. The molecule has 1 aliphatic heterocycles. The Hall–Kier alpha value is -4.00. The van der Waals surface area contributed by atoms with Crippen LogP contribution in [0, 0.1) is 13.8 Å². The number of hydrogen-bond acceptors (Lipinski definition) is 4. The van der Waals surface area contributed by atoms with Crippen molar-refractivity contribution in [1.29, 1.82) is 0 Å². The van der Waals surface area contributed by atoms with Gasteiger partial charge in [-0.1, -0.05) is 30.3 Å². The minimum Gasteiger partial charge on any atom is -0.356 e. The molecule has 1 aromatic carbocycles. The fraction of sp³-hybridized carbons (Fsp3) is 0.286. The second-order valence-electron chi connectivity index (χ2n) is 9.06. The number of H-pyrrole nitrogens is 2. The maximum Gasteiger partial charge on any atom is 0.140 e. The van der Waals surface area contributed by atoms with Crippen LogP contribution in [0.2, 0.25) is 0 Å². The van der Waals surface area contributed by atoms with E-state index in [1.165, 1.54) is 0 Å². The number of nitrogens with one attached hydrogen (secondary N) is 2. The van der Waals surface area contributed by atoms with Crippen molar-refractivity contribution in [3.8, 4) is 22.5 Å². The number of aromatic nitrogens is 4. The molecule has 4 aromatic rings. The number of rotatable bonds is 5. The lowest BCUT2D eigenvalue weighted by Gasteiger charge is -2.33. The smallest absolute Gasteiger partial charge is 0.140 e. The largest absolute Gasteiger partial charge is 0.356 e. The van der Waals surface area contributed by atoms with E-state index < -0.39 is 0 Å². The SMILES string of the molecule is C=Nc1[nH]c(-c2ccc(C)nc2)cc1C(=NC)N1CCC(c2nc(-c3ccccc3)c(C)[nH]2)CC1. The molecule has 0 atom stereocenters. The molecular weight excluding hydrogens is 434 g/mol. The van der Waals surface area contributed by atoms with Crippen LogP contribution in [0.4, 0.5) is 5.82 Å². The first-order valence-corrected chi connectivity index (χ1v) is 12.0. The van der Waals surface area contributed by atoms with E-state index in [9.17, 15) is 0 Å². The third kappa shape index (κ3) is 4.54. The Morgan fingerprint density at radius 2 is 1.80 bits per heavy atom. The number of piperidine rings is 1. The van der Waals surface area contributed by atoms with Gasteiger partial charge in [0, 0.05) is 60.5 Å². The normalized spacial score (nSPS) is 14.9. The second kappa shape index (κ2) is 9.70. The third-order valence-corrected chi connectivity index (χ3v) is 6.76. The van der Waals surface area contributed by atoms with Crippen molar-refractivity contribution in [1.82, 2.24) is 24.8 Å². The zero-order chi connectivity index (χ0) is 24.4. The van der Waals surface area contributed by atoms with Gasteiger partial charge in [0.25, 0.3) is 0 Å². The zero-order valence-electron chi connectivity index (χ0n) is 20.5. The van der Waals surface area contributed by atoms with E-state index in [0.29, 0.717) is 5.92 Å². The number of hydrogen-bond donors (Lipinski definition) is 2. The van der Waals surface area contributed by atoms with E-state index in [-0.39, 0.29) is 0 Å². The van der Waals surface area contributed by atoms with Crippen LogP contribution in [-0.4, -0.2) is 57.5 Å². The number of benzene rings is 1. The molecule has 7 nitrogen and oxygen atoms in total. The van der Waals surface area contributed by atoms with E-state index in [0.717, 1.165) is 82.9 Å². The van der Waals surface area contributed by atoms with Crippen molar-refractivity contribution in [3.63, 3.8) is 0 Å². The average molecular weight is 466 g/mol. The molecule has 7 heteroatoms. The molecule has 5 rings (SSSR count). The number of imidazole rings is 1. The summed E-state index contributed by atoms with van der Waals surface area (Å²) in [6.07, 6.45) is 3.90. The Balaban J connectivity index is 1.33. The molecule has 0 spiro atoms. The highest BCUT2D eigenvalue weighted by molar-refractivity contribution is 6.04. The summed E-state index contributed by atoms with van der Waals surface area (Å²) in [5, 5.41) is 0. The van der Waals surface area contributed by atoms with Gasteiger partial charge in [0.05, 0.1) is 11.3 Å². The van der Waals surface area contributed by atoms with Crippen LogP contribution in [-0.2, 0) is 0 Å². The van der Waals surface area contributed by atoms with Crippen LogP contribution >= 0.6 is 0 Å². The summed E-state index contributed by atoms with van der Waals surface area (Å²) in [6, 6.07) is 16.6. The Bertz CT molecular complexity index is 1340. The monoisotopic (exact) mass is 465 g/mol. The van der Waals surface area contributed by atoms with Gasteiger partial charge in [-0.3, -0.25) is 9.98 Å². The lowest BCUT2D eigenvalue weighted by Crippen LogP contribution is -2.38. The fourth-order valence-corrected chi connectivity index (χ4v) is 4.87. The minimum atomic E-state index is 0.401. The molecule has 178 valence electrons. The minimum absolute atomic E-state index is 0.401. The van der Waals surface area contributed by atoms with Crippen LogP contribution in [0.1, 0.15) is 41.5 Å². The number of aromatic amines is 2. The summed E-state index contributed by atoms with van der Waals surface area (Å²) in [4.78, 5) is 27.6. The van der Waals surface area contributed by atoms with Crippen molar-refractivity contribution >= 4 is 18.4 Å². The zero-order valence-corrected chi connectivity index (χ0v) is 20.5. The van der Waals surface area contributed by atoms with Crippen LogP contribution < -0.4 is 0 Å². The van der Waals surface area contributed by atoms with E-state index in [4.69, 9.17) is 4.98 Å². The van der Waals surface area contributed by atoms with Crippen LogP contribution in [0.25, 0.3) is 22.5 Å². The van der Waals surface area contributed by atoms with Gasteiger partial charge in [-0.25, -0.2) is 9.98 Å². The van der Waals surface area contributed by atoms with Gasteiger partial charge in [-0.05, 0) is 51.6 Å². The number of amidine groups is 1. The molecule has 0 amide bonds. The second-order valence-corrected chi connectivity index (χ2v) is 9.06. The van der Waals surface area contributed by atoms with Gasteiger partial charge >= 0.3 is 0 Å². The molecule has 35 heavy (non-hydrogen) atoms. The maximum atomic E-state index is 4.98. The summed E-state index contributed by atoms with van der Waals surface area (Å²) in [6.45, 7) is 9.68. The lowest BCUT2D eigenvalue weighted by molar-refractivity contribution is 0.308. The summed E-state index contributed by atoms with van der Waals surface area (Å²) in [5.41, 5.74) is 7.26. The highest BCUT2D eigenvalue weighted by atomic mass is 15.2. The molecule has 3 aromatic heterocycles. The number of pyridine rings is 1. The fourth-order valence-electron chi connectivity index (χ4n) is 4.87. The Morgan fingerprint density at radius 3 is 2.46 bits per heavy atom. The molecule has 0 unspecified atom stereocenters. The van der Waals surface area contributed by atoms with Crippen LogP contribution in [0.3, 0.4) is 0 Å². The molecule has 4 heterocycles. The standard InChI is InChI=1S/C28H31N7/c1-18-10-11-22(17-31-18)24-16-23(27(29-3)33-24)28(30-4)35-14-12-21(13-15-35)26-32-19(2)25(34-26)20-8-6-5-7-9-20/h5-11,16-17,21,33H,3,12-15H2,1-2,4H3,(H,32,34). The number of nitrogens with zero attached hydrogens (tertiary/aromatic N) is 5. The van der Waals surface area contributed by atoms with Gasteiger partial charge in [-0.2, -0.15) is 0 Å². The summed E-state index contributed by atoms with van der Waals surface area (Å²) >= 11 is 0. The van der Waals surface area contributed by atoms with Crippen LogP contribution in [0.15, 0.2) is 64.7 Å². The predicted octanol–water partition coefficient (Wildman–Crippen LogP) is 5.67. The van der Waals surface area contributed by atoms with E-state index in [1.54, 1.807) is 0 Å². The van der Waals surface area contributed by atoms with Crippen molar-refractivity contribution < 1.29 is 0 Å². The van der Waals surface area contributed by atoms with Gasteiger partial charge in [-0.15, -0.1) is 0 Å². The quantitative estimate of drug-likeness (QED) is 0.294. The van der Waals surface area contributed by atoms with Crippen molar-refractivity contribution in [2.45, 2.75) is 32.6 Å². The average Bonchev–Trinajstić information content (AvgIpc) is 3.50. The number of likely N-dealkylation sites (tertiary alicyclic amines) is 1. The highest BCUT2D eigenvalue weighted by Crippen LogP contribution is 2.33. The molecule has 1 saturated heterocycles. The van der Waals surface area contributed by atoms with E-state index in [2.05, 4.69) is 79.9 Å². The van der Waals surface area contributed by atoms with Gasteiger partial charge in [0.15, 0.2) is 0 Å². The van der Waals surface area contributed by atoms with E-state index in [1.807, 2.05) is 32.3 Å². The molecule has 1 fully saturated rings. The summed E-state index contributed by atoms with van der Waals surface area (Å²) in [5.74, 6) is 3.16. The Kier molecular flexibility index (Phi) is 6.31. The Labute approximate surface area is 206 Å². The lowest BCUT2D eigenvalue weighted by atomic mass is 9.95. The Morgan fingerprint density at radius 1 is 1.03 bits per heavy atom. The highest BCUT2D eigenvalue weighted by Gasteiger charge is 2.27. The van der Waals surface area contributed by atoms with Gasteiger partial charge < -0.3 is 14.9 Å². The first-order chi connectivity index (χ1) is 17.1. The number of aryl methyl sites for hydroxylation is 2. The number of aliphatic imine (C=N–C) groups is 2. The van der Waals surface area contributed by atoms with Gasteiger partial charge in [0.1, 0.15) is 17.5 Å². The predicted molar refractivity (Wildman–Crippen MR) is 143 cm³/mol.